The molecule has 5 aromatic carbocycles. The quantitative estimate of drug-likeness (QED) is 0.0699. The predicted octanol–water partition coefficient (Wildman–Crippen LogP) is 8.17. The summed E-state index contributed by atoms with van der Waals surface area (Å²) in [5.74, 6) is 1.70. The third-order valence-corrected chi connectivity index (χ3v) is 19.5. The van der Waals surface area contributed by atoms with Crippen molar-refractivity contribution in [3.8, 4) is 17.2 Å². The lowest BCUT2D eigenvalue weighted by molar-refractivity contribution is -0.517. The van der Waals surface area contributed by atoms with E-state index in [1.54, 1.807) is 6.92 Å². The van der Waals surface area contributed by atoms with Gasteiger partial charge in [0.25, 0.3) is 0 Å². The fourth-order valence-electron chi connectivity index (χ4n) is 7.24. The van der Waals surface area contributed by atoms with E-state index in [9.17, 15) is 10.1 Å². The molecular weight excluding hydrogens is 667 g/mol. The lowest BCUT2D eigenvalue weighted by atomic mass is 10.0. The fraction of sp³-hybridized carbons (Fsp3) is 0.302. The molecule has 0 bridgehead atoms. The zero-order valence-corrected chi connectivity index (χ0v) is 33.2. The van der Waals surface area contributed by atoms with E-state index >= 15 is 0 Å². The minimum Gasteiger partial charge on any atom is -0.534 e. The van der Waals surface area contributed by atoms with Gasteiger partial charge in [-0.25, -0.2) is 0 Å². The van der Waals surface area contributed by atoms with Crippen molar-refractivity contribution in [2.24, 2.45) is 0 Å². The van der Waals surface area contributed by atoms with Crippen LogP contribution in [0.25, 0.3) is 0 Å². The molecule has 0 saturated heterocycles. The van der Waals surface area contributed by atoms with Gasteiger partial charge in [0.1, 0.15) is 17.2 Å². The summed E-state index contributed by atoms with van der Waals surface area (Å²) in [5, 5.41) is 16.0. The van der Waals surface area contributed by atoms with E-state index in [1.807, 2.05) is 43.3 Å². The van der Waals surface area contributed by atoms with Crippen LogP contribution in [-0.2, 0) is 6.42 Å². The molecule has 0 amide bonds. The zero-order valence-electron chi connectivity index (χ0n) is 31.2. The molecule has 1 atom stereocenters. The van der Waals surface area contributed by atoms with Gasteiger partial charge in [-0.05, 0) is 37.7 Å². The van der Waals surface area contributed by atoms with Gasteiger partial charge in [0, 0.05) is 36.0 Å². The summed E-state index contributed by atoms with van der Waals surface area (Å²) < 4.78 is 21.6. The molecule has 0 N–H and O–H groups in total. The maximum atomic E-state index is 12.2. The summed E-state index contributed by atoms with van der Waals surface area (Å²) in [6.45, 7) is 17.4. The van der Waals surface area contributed by atoms with Gasteiger partial charge in [0.05, 0.1) is 6.61 Å². The summed E-state index contributed by atoms with van der Waals surface area (Å²) in [6.07, 6.45) is 0.134. The fourth-order valence-corrected chi connectivity index (χ4v) is 16.1. The van der Waals surface area contributed by atoms with Crippen LogP contribution in [0.3, 0.4) is 0 Å². The Morgan fingerprint density at radius 1 is 0.608 bits per heavy atom. The average Bonchev–Trinajstić information content (AvgIpc) is 3.11. The van der Waals surface area contributed by atoms with Gasteiger partial charge in [-0.2, -0.15) is 0 Å². The molecule has 0 aromatic heterocycles. The molecule has 0 aliphatic carbocycles. The maximum absolute atomic E-state index is 12.2. The van der Waals surface area contributed by atoms with Crippen molar-refractivity contribution in [1.29, 1.82) is 0 Å². The number of benzene rings is 5. The topological polar surface area (TPSA) is 70.8 Å². The van der Waals surface area contributed by atoms with Crippen LogP contribution in [0.5, 0.6) is 17.2 Å². The first kappa shape index (κ1) is 37.6. The van der Waals surface area contributed by atoms with Crippen LogP contribution >= 0.6 is 0 Å². The molecule has 0 heterocycles. The van der Waals surface area contributed by atoms with Crippen molar-refractivity contribution in [2.45, 2.75) is 77.9 Å². The summed E-state index contributed by atoms with van der Waals surface area (Å²) in [7, 11) is -6.22. The van der Waals surface area contributed by atoms with Gasteiger partial charge in [0.2, 0.25) is 6.04 Å². The Morgan fingerprint density at radius 2 is 0.961 bits per heavy atom. The Bertz CT molecular complexity index is 1810. The smallest absolute Gasteiger partial charge is 0.319 e. The van der Waals surface area contributed by atoms with Crippen molar-refractivity contribution >= 4 is 37.4 Å². The van der Waals surface area contributed by atoms with Crippen LogP contribution < -0.4 is 34.3 Å². The van der Waals surface area contributed by atoms with Crippen molar-refractivity contribution < 1.29 is 18.5 Å². The first-order valence-corrected chi connectivity index (χ1v) is 21.6. The number of nitrogens with zero attached hydrogens (tertiary/aromatic N) is 1. The first-order valence-electron chi connectivity index (χ1n) is 17.8. The molecule has 5 aromatic rings. The second-order valence-corrected chi connectivity index (χ2v) is 23.6. The van der Waals surface area contributed by atoms with Crippen LogP contribution in [0, 0.1) is 10.1 Å². The van der Waals surface area contributed by atoms with E-state index in [2.05, 4.69) is 139 Å². The van der Waals surface area contributed by atoms with Crippen LogP contribution in [0.1, 0.15) is 61.0 Å². The number of hydrogen-bond donors (Lipinski definition) is 0. The van der Waals surface area contributed by atoms with Crippen LogP contribution in [0.15, 0.2) is 133 Å². The third kappa shape index (κ3) is 7.53. The lowest BCUT2D eigenvalue weighted by Crippen LogP contribution is -2.69. The van der Waals surface area contributed by atoms with Gasteiger partial charge in [-0.1, -0.05) is 163 Å². The summed E-state index contributed by atoms with van der Waals surface area (Å²) in [6, 6.07) is 44.9. The van der Waals surface area contributed by atoms with E-state index in [0.29, 0.717) is 29.4 Å². The first-order chi connectivity index (χ1) is 24.2. The number of rotatable bonds is 13. The normalized spacial score (nSPS) is 12.9. The number of nitro groups is 1. The molecule has 1 unspecified atom stereocenters. The minimum absolute atomic E-state index is 0.134. The van der Waals surface area contributed by atoms with Crippen LogP contribution in [0.4, 0.5) is 0 Å². The lowest BCUT2D eigenvalue weighted by Gasteiger charge is -2.44. The molecule has 0 spiro atoms. The Kier molecular flexibility index (Phi) is 11.3. The van der Waals surface area contributed by atoms with E-state index in [-0.39, 0.29) is 21.4 Å². The van der Waals surface area contributed by atoms with Crippen molar-refractivity contribution in [3.05, 3.63) is 149 Å². The van der Waals surface area contributed by atoms with Crippen molar-refractivity contribution in [2.75, 3.05) is 6.61 Å². The maximum Gasteiger partial charge on any atom is 0.319 e. The highest BCUT2D eigenvalue weighted by molar-refractivity contribution is 7.00. The SMILES string of the molecule is CCOc1cc(O[Si](c2ccccc2)(c2ccccc2)C(C)(C)C)cc(O[Si](c2ccccc2)(c2ccccc2)C(C)(C)C)c1CC(C)[N+](=O)[O-]. The van der Waals surface area contributed by atoms with Crippen molar-refractivity contribution in [3.63, 3.8) is 0 Å². The van der Waals surface area contributed by atoms with Gasteiger partial charge >= 0.3 is 16.6 Å². The Hall–Kier alpha value is -4.67. The predicted molar refractivity (Wildman–Crippen MR) is 214 cm³/mol. The Labute approximate surface area is 305 Å². The summed E-state index contributed by atoms with van der Waals surface area (Å²) >= 11 is 0. The highest BCUT2D eigenvalue weighted by Crippen LogP contribution is 2.44. The molecule has 51 heavy (non-hydrogen) atoms. The molecule has 0 aliphatic heterocycles. The molecule has 0 fully saturated rings. The van der Waals surface area contributed by atoms with Gasteiger partial charge in [-0.3, -0.25) is 10.1 Å². The molecule has 5 rings (SSSR count). The molecule has 0 aliphatic rings. The molecule has 0 saturated carbocycles. The summed E-state index contributed by atoms with van der Waals surface area (Å²) in [5.41, 5.74) is 0.670. The molecular formula is C43H51NO5Si2. The monoisotopic (exact) mass is 717 g/mol. The average molecular weight is 718 g/mol. The second-order valence-electron chi connectivity index (χ2n) is 15.2. The highest BCUT2D eigenvalue weighted by atomic mass is 28.4. The third-order valence-electron chi connectivity index (χ3n) is 9.67. The molecule has 6 nitrogen and oxygen atoms in total. The van der Waals surface area contributed by atoms with Crippen molar-refractivity contribution in [1.82, 2.24) is 0 Å². The van der Waals surface area contributed by atoms with Gasteiger partial charge < -0.3 is 13.6 Å². The van der Waals surface area contributed by atoms with Gasteiger partial charge in [0.15, 0.2) is 0 Å². The molecule has 0 radical (unpaired) electrons. The number of hydrogen-bond acceptors (Lipinski definition) is 5. The second kappa shape index (κ2) is 15.3. The van der Waals surface area contributed by atoms with Crippen LogP contribution in [0.2, 0.25) is 10.1 Å². The largest absolute Gasteiger partial charge is 0.534 e. The molecule has 266 valence electrons. The zero-order chi connectivity index (χ0) is 36.9. The van der Waals surface area contributed by atoms with E-state index in [4.69, 9.17) is 13.6 Å². The van der Waals surface area contributed by atoms with E-state index in [1.165, 1.54) is 0 Å². The van der Waals surface area contributed by atoms with E-state index < -0.39 is 22.7 Å². The Morgan fingerprint density at radius 3 is 1.29 bits per heavy atom. The minimum atomic E-state index is -3.16. The Balaban J connectivity index is 1.84. The number of ether oxygens (including phenoxy) is 1. The van der Waals surface area contributed by atoms with Gasteiger partial charge in [-0.15, -0.1) is 0 Å². The molecule has 8 heteroatoms. The van der Waals surface area contributed by atoms with Crippen LogP contribution in [-0.4, -0.2) is 34.2 Å². The summed E-state index contributed by atoms with van der Waals surface area (Å²) in [4.78, 5) is 11.9. The van der Waals surface area contributed by atoms with E-state index in [0.717, 1.165) is 20.7 Å². The standard InChI is InChI=1S/C43H51NO5Si2/c1-9-47-40-31-34(48-50(42(3,4)5,35-22-14-10-15-23-35)36-24-16-11-17-25-36)32-41(39(40)30-33(2)44(45)46)49-51(43(6,7)8,37-26-18-12-19-27-37)38-28-20-13-21-29-38/h10-29,31-33H,9,30H2,1-8H3. The highest BCUT2D eigenvalue weighted by Gasteiger charge is 2.54.